The molecule has 0 aromatic carbocycles. The summed E-state index contributed by atoms with van der Waals surface area (Å²) in [6.07, 6.45) is 7.93. The van der Waals surface area contributed by atoms with Crippen LogP contribution in [0.15, 0.2) is 0 Å². The van der Waals surface area contributed by atoms with E-state index in [9.17, 15) is 4.79 Å². The predicted molar refractivity (Wildman–Crippen MR) is 68.4 cm³/mol. The molecule has 0 saturated carbocycles. The fourth-order valence-corrected chi connectivity index (χ4v) is 1.79. The van der Waals surface area contributed by atoms with Crippen LogP contribution in [-0.2, 0) is 4.79 Å². The second kappa shape index (κ2) is 11.9. The topological polar surface area (TPSA) is 41.1 Å². The third kappa shape index (κ3) is 11.7. The van der Waals surface area contributed by atoms with Crippen LogP contribution >= 0.6 is 11.8 Å². The number of thioether (sulfide) groups is 1. The largest absolute Gasteiger partial charge is 0.359 e. The van der Waals surface area contributed by atoms with Gasteiger partial charge in [0.1, 0.15) is 0 Å². The Morgan fingerprint density at radius 1 is 1.13 bits per heavy atom. The minimum absolute atomic E-state index is 0.113. The van der Waals surface area contributed by atoms with Crippen LogP contribution in [0.3, 0.4) is 0 Å². The van der Waals surface area contributed by atoms with Gasteiger partial charge >= 0.3 is 0 Å². The Bertz CT molecular complexity index is 154. The maximum absolute atomic E-state index is 10.9. The normalized spacial score (nSPS) is 10.3. The number of rotatable bonds is 10. The van der Waals surface area contributed by atoms with E-state index in [1.54, 1.807) is 7.05 Å². The van der Waals surface area contributed by atoms with Crippen molar-refractivity contribution in [2.75, 3.05) is 32.1 Å². The fourth-order valence-electron chi connectivity index (χ4n) is 1.30. The third-order valence-corrected chi connectivity index (χ3v) is 2.96. The lowest BCUT2D eigenvalue weighted by molar-refractivity contribution is -0.120. The lowest BCUT2D eigenvalue weighted by Gasteiger charge is -2.04. The molecule has 0 aliphatic heterocycles. The number of nitrogens with one attached hydrogen (secondary N) is 2. The standard InChI is InChI=1S/C11H24N2OS/c1-12-11(14)7-9-13-8-5-3-4-6-10-15-2/h13H,3-10H2,1-2H3,(H,12,14). The van der Waals surface area contributed by atoms with E-state index in [0.29, 0.717) is 6.42 Å². The zero-order valence-electron chi connectivity index (χ0n) is 9.97. The summed E-state index contributed by atoms with van der Waals surface area (Å²) in [5, 5.41) is 5.88. The summed E-state index contributed by atoms with van der Waals surface area (Å²) in [5.74, 6) is 1.40. The first-order valence-corrected chi connectivity index (χ1v) is 7.11. The van der Waals surface area contributed by atoms with Crippen molar-refractivity contribution in [1.82, 2.24) is 10.6 Å². The Morgan fingerprint density at radius 3 is 2.53 bits per heavy atom. The molecule has 0 radical (unpaired) electrons. The second-order valence-corrected chi connectivity index (χ2v) is 4.57. The Balaban J connectivity index is 2.95. The van der Waals surface area contributed by atoms with Crippen molar-refractivity contribution in [3.8, 4) is 0 Å². The van der Waals surface area contributed by atoms with Crippen molar-refractivity contribution >= 4 is 17.7 Å². The number of amides is 1. The lowest BCUT2D eigenvalue weighted by Crippen LogP contribution is -2.25. The van der Waals surface area contributed by atoms with Crippen LogP contribution in [0.4, 0.5) is 0 Å². The van der Waals surface area contributed by atoms with Crippen molar-refractivity contribution in [3.05, 3.63) is 0 Å². The van der Waals surface area contributed by atoms with E-state index in [4.69, 9.17) is 0 Å². The minimum Gasteiger partial charge on any atom is -0.359 e. The molecule has 0 unspecified atom stereocenters. The molecule has 0 fully saturated rings. The molecule has 1 amide bonds. The van der Waals surface area contributed by atoms with Crippen LogP contribution in [0.2, 0.25) is 0 Å². The second-order valence-electron chi connectivity index (χ2n) is 3.58. The first-order valence-electron chi connectivity index (χ1n) is 5.71. The average molecular weight is 232 g/mol. The molecule has 0 aliphatic carbocycles. The molecule has 4 heteroatoms. The number of hydrogen-bond donors (Lipinski definition) is 2. The molecule has 0 atom stereocenters. The first kappa shape index (κ1) is 14.8. The maximum Gasteiger partial charge on any atom is 0.221 e. The van der Waals surface area contributed by atoms with Gasteiger partial charge in [-0.2, -0.15) is 11.8 Å². The molecule has 0 spiro atoms. The van der Waals surface area contributed by atoms with Gasteiger partial charge in [0.25, 0.3) is 0 Å². The van der Waals surface area contributed by atoms with Crippen molar-refractivity contribution in [1.29, 1.82) is 0 Å². The lowest BCUT2D eigenvalue weighted by atomic mass is 10.2. The predicted octanol–water partition coefficient (Wildman–Crippen LogP) is 1.64. The highest BCUT2D eigenvalue weighted by molar-refractivity contribution is 7.98. The summed E-state index contributed by atoms with van der Waals surface area (Å²) in [6.45, 7) is 1.83. The van der Waals surface area contributed by atoms with Gasteiger partial charge in [0.15, 0.2) is 0 Å². The number of hydrogen-bond acceptors (Lipinski definition) is 3. The molecule has 15 heavy (non-hydrogen) atoms. The summed E-state index contributed by atoms with van der Waals surface area (Å²) in [5.41, 5.74) is 0. The highest BCUT2D eigenvalue weighted by Crippen LogP contribution is 2.03. The quantitative estimate of drug-likeness (QED) is 0.563. The van der Waals surface area contributed by atoms with E-state index in [1.165, 1.54) is 31.4 Å². The molecule has 0 bridgehead atoms. The number of unbranched alkanes of at least 4 members (excludes halogenated alkanes) is 3. The first-order chi connectivity index (χ1) is 7.31. The SMILES string of the molecule is CNC(=O)CCNCCCCCCSC. The van der Waals surface area contributed by atoms with Gasteiger partial charge in [-0.15, -0.1) is 0 Å². The molecule has 0 aliphatic rings. The van der Waals surface area contributed by atoms with Gasteiger partial charge in [-0.25, -0.2) is 0 Å². The molecule has 0 aromatic heterocycles. The van der Waals surface area contributed by atoms with E-state index in [-0.39, 0.29) is 5.91 Å². The molecule has 0 rings (SSSR count). The smallest absolute Gasteiger partial charge is 0.221 e. The summed E-state index contributed by atoms with van der Waals surface area (Å²) < 4.78 is 0. The highest BCUT2D eigenvalue weighted by atomic mass is 32.2. The summed E-state index contributed by atoms with van der Waals surface area (Å²) in [7, 11) is 1.67. The van der Waals surface area contributed by atoms with Gasteiger partial charge in [-0.05, 0) is 31.4 Å². The Hall–Kier alpha value is -0.220. The zero-order valence-corrected chi connectivity index (χ0v) is 10.8. The Labute approximate surface area is 97.8 Å². The minimum atomic E-state index is 0.113. The van der Waals surface area contributed by atoms with Crippen molar-refractivity contribution < 1.29 is 4.79 Å². The van der Waals surface area contributed by atoms with Crippen LogP contribution in [0.1, 0.15) is 32.1 Å². The Morgan fingerprint density at radius 2 is 1.87 bits per heavy atom. The molecule has 3 nitrogen and oxygen atoms in total. The van der Waals surface area contributed by atoms with E-state index in [1.807, 2.05) is 11.8 Å². The van der Waals surface area contributed by atoms with Crippen molar-refractivity contribution in [3.63, 3.8) is 0 Å². The molecular weight excluding hydrogens is 208 g/mol. The van der Waals surface area contributed by atoms with Gasteiger partial charge < -0.3 is 10.6 Å². The van der Waals surface area contributed by atoms with Crippen LogP contribution in [0.5, 0.6) is 0 Å². The van der Waals surface area contributed by atoms with Gasteiger partial charge in [0.2, 0.25) is 5.91 Å². The van der Waals surface area contributed by atoms with E-state index >= 15 is 0 Å². The molecule has 0 saturated heterocycles. The molecule has 0 heterocycles. The van der Waals surface area contributed by atoms with Gasteiger partial charge in [0.05, 0.1) is 0 Å². The molecular formula is C11H24N2OS. The number of carbonyl (C=O) groups excluding carboxylic acids is 1. The van der Waals surface area contributed by atoms with Gasteiger partial charge in [-0.3, -0.25) is 4.79 Å². The zero-order chi connectivity index (χ0) is 11.4. The molecule has 0 aromatic rings. The van der Waals surface area contributed by atoms with E-state index in [2.05, 4.69) is 16.9 Å². The summed E-state index contributed by atoms with van der Waals surface area (Å²) >= 11 is 1.92. The number of carbonyl (C=O) groups is 1. The van der Waals surface area contributed by atoms with E-state index in [0.717, 1.165) is 13.1 Å². The molecule has 2 N–H and O–H groups in total. The summed E-state index contributed by atoms with van der Waals surface area (Å²) in [4.78, 5) is 10.9. The van der Waals surface area contributed by atoms with Gasteiger partial charge in [-0.1, -0.05) is 12.8 Å². The maximum atomic E-state index is 10.9. The van der Waals surface area contributed by atoms with Crippen LogP contribution in [-0.4, -0.2) is 38.1 Å². The third-order valence-electron chi connectivity index (χ3n) is 2.26. The summed E-state index contributed by atoms with van der Waals surface area (Å²) in [6, 6.07) is 0. The van der Waals surface area contributed by atoms with Crippen LogP contribution in [0, 0.1) is 0 Å². The fraction of sp³-hybridized carbons (Fsp3) is 0.909. The van der Waals surface area contributed by atoms with Gasteiger partial charge in [0, 0.05) is 20.0 Å². The highest BCUT2D eigenvalue weighted by Gasteiger charge is 1.95. The van der Waals surface area contributed by atoms with E-state index < -0.39 is 0 Å². The van der Waals surface area contributed by atoms with Crippen molar-refractivity contribution in [2.45, 2.75) is 32.1 Å². The van der Waals surface area contributed by atoms with Crippen LogP contribution < -0.4 is 10.6 Å². The Kier molecular flexibility index (Phi) is 11.7. The van der Waals surface area contributed by atoms with Crippen molar-refractivity contribution in [2.24, 2.45) is 0 Å². The van der Waals surface area contributed by atoms with Crippen LogP contribution in [0.25, 0.3) is 0 Å². The average Bonchev–Trinajstić information content (AvgIpc) is 2.26. The monoisotopic (exact) mass is 232 g/mol. The molecule has 90 valence electrons.